The summed E-state index contributed by atoms with van der Waals surface area (Å²) in [5, 5.41) is 9.21. The molecule has 0 aliphatic heterocycles. The van der Waals surface area contributed by atoms with E-state index in [-0.39, 0.29) is 5.69 Å². The second kappa shape index (κ2) is 6.04. The Hall–Kier alpha value is -1.89. The molecule has 1 aromatic carbocycles. The first-order chi connectivity index (χ1) is 9.52. The van der Waals surface area contributed by atoms with Gasteiger partial charge < -0.3 is 11.1 Å². The Morgan fingerprint density at radius 1 is 1.55 bits per heavy atom. The number of amides is 1. The van der Waals surface area contributed by atoms with E-state index < -0.39 is 11.7 Å². The number of aromatic nitrogens is 2. The number of anilines is 2. The van der Waals surface area contributed by atoms with Gasteiger partial charge in [-0.05, 0) is 40.5 Å². The predicted octanol–water partition coefficient (Wildman–Crippen LogP) is 3.10. The highest BCUT2D eigenvalue weighted by Gasteiger charge is 2.17. The third-order valence-electron chi connectivity index (χ3n) is 2.78. The number of nitrogens with two attached hydrogens (primary N) is 1. The minimum atomic E-state index is -0.470. The Morgan fingerprint density at radius 2 is 2.30 bits per heavy atom. The van der Waals surface area contributed by atoms with Gasteiger partial charge in [-0.25, -0.2) is 4.39 Å². The van der Waals surface area contributed by atoms with Crippen LogP contribution in [0.5, 0.6) is 0 Å². The molecular formula is C13H14BrFN4O. The van der Waals surface area contributed by atoms with Crippen LogP contribution in [0.1, 0.15) is 29.5 Å². The maximum atomic E-state index is 13.4. The van der Waals surface area contributed by atoms with Crippen LogP contribution in [-0.4, -0.2) is 16.1 Å². The Bertz CT molecular complexity index is 641. The summed E-state index contributed by atoms with van der Waals surface area (Å²) in [7, 11) is 0. The van der Waals surface area contributed by atoms with E-state index in [1.54, 1.807) is 6.07 Å². The standard InChI is InChI=1S/C13H14BrFN4O/c1-2-3-10-11(16)12(19-18-10)13(20)17-7-4-5-8(14)9(15)6-7/h4-6H,2-3,16H2,1H3,(H,17,20)(H,18,19). The molecule has 1 aromatic heterocycles. The average Bonchev–Trinajstić information content (AvgIpc) is 2.76. The normalized spacial score (nSPS) is 10.6. The lowest BCUT2D eigenvalue weighted by Crippen LogP contribution is -2.14. The number of rotatable bonds is 4. The molecule has 0 aliphatic carbocycles. The molecule has 0 atom stereocenters. The van der Waals surface area contributed by atoms with E-state index in [4.69, 9.17) is 5.73 Å². The zero-order chi connectivity index (χ0) is 14.7. The largest absolute Gasteiger partial charge is 0.395 e. The quantitative estimate of drug-likeness (QED) is 0.799. The Labute approximate surface area is 123 Å². The molecule has 0 saturated heterocycles. The van der Waals surface area contributed by atoms with Crippen molar-refractivity contribution in [2.75, 3.05) is 11.1 Å². The van der Waals surface area contributed by atoms with Gasteiger partial charge in [0.1, 0.15) is 5.82 Å². The van der Waals surface area contributed by atoms with Crippen molar-refractivity contribution in [1.29, 1.82) is 0 Å². The number of nitrogens with one attached hydrogen (secondary N) is 2. The molecule has 0 radical (unpaired) electrons. The lowest BCUT2D eigenvalue weighted by molar-refractivity contribution is 0.102. The van der Waals surface area contributed by atoms with Crippen molar-refractivity contribution in [2.24, 2.45) is 0 Å². The fourth-order valence-electron chi connectivity index (χ4n) is 1.76. The third kappa shape index (κ3) is 2.98. The SMILES string of the molecule is CCCc1[nH]nc(C(=O)Nc2ccc(Br)c(F)c2)c1N. The van der Waals surface area contributed by atoms with Gasteiger partial charge in [0.2, 0.25) is 0 Å². The van der Waals surface area contributed by atoms with E-state index in [1.807, 2.05) is 6.92 Å². The maximum Gasteiger partial charge on any atom is 0.278 e. The van der Waals surface area contributed by atoms with E-state index >= 15 is 0 Å². The molecule has 0 bridgehead atoms. The number of halogens is 2. The number of aryl methyl sites for hydroxylation is 1. The van der Waals surface area contributed by atoms with Crippen LogP contribution in [0.3, 0.4) is 0 Å². The number of benzene rings is 1. The zero-order valence-corrected chi connectivity index (χ0v) is 12.4. The molecule has 5 nitrogen and oxygen atoms in total. The van der Waals surface area contributed by atoms with Gasteiger partial charge in [0.15, 0.2) is 5.69 Å². The van der Waals surface area contributed by atoms with Crippen molar-refractivity contribution in [3.05, 3.63) is 39.9 Å². The molecule has 0 spiro atoms. The van der Waals surface area contributed by atoms with Crippen molar-refractivity contribution >= 4 is 33.2 Å². The van der Waals surface area contributed by atoms with Crippen LogP contribution in [0.4, 0.5) is 15.8 Å². The minimum absolute atomic E-state index is 0.122. The van der Waals surface area contributed by atoms with E-state index in [2.05, 4.69) is 31.4 Å². The average molecular weight is 341 g/mol. The minimum Gasteiger partial charge on any atom is -0.395 e. The predicted molar refractivity (Wildman–Crippen MR) is 79.0 cm³/mol. The molecule has 1 heterocycles. The summed E-state index contributed by atoms with van der Waals surface area (Å²) in [6.07, 6.45) is 1.62. The molecule has 4 N–H and O–H groups in total. The molecule has 7 heteroatoms. The number of aromatic amines is 1. The fraction of sp³-hybridized carbons (Fsp3) is 0.231. The number of nitrogen functional groups attached to an aromatic ring is 1. The Morgan fingerprint density at radius 3 is 2.95 bits per heavy atom. The molecule has 0 saturated carbocycles. The van der Waals surface area contributed by atoms with Crippen LogP contribution in [0.25, 0.3) is 0 Å². The van der Waals surface area contributed by atoms with Gasteiger partial charge in [0.25, 0.3) is 5.91 Å². The van der Waals surface area contributed by atoms with Crippen LogP contribution in [0.15, 0.2) is 22.7 Å². The first-order valence-corrected chi connectivity index (χ1v) is 6.91. The smallest absolute Gasteiger partial charge is 0.278 e. The van der Waals surface area contributed by atoms with Crippen molar-refractivity contribution < 1.29 is 9.18 Å². The lowest BCUT2D eigenvalue weighted by Gasteiger charge is -2.05. The lowest BCUT2D eigenvalue weighted by atomic mass is 10.2. The fourth-order valence-corrected chi connectivity index (χ4v) is 2.01. The summed E-state index contributed by atoms with van der Waals surface area (Å²) in [5.41, 5.74) is 7.40. The van der Waals surface area contributed by atoms with Gasteiger partial charge >= 0.3 is 0 Å². The molecule has 2 aromatic rings. The highest BCUT2D eigenvalue weighted by atomic mass is 79.9. The topological polar surface area (TPSA) is 83.8 Å². The zero-order valence-electron chi connectivity index (χ0n) is 10.8. The van der Waals surface area contributed by atoms with E-state index in [0.29, 0.717) is 15.8 Å². The Balaban J connectivity index is 2.17. The van der Waals surface area contributed by atoms with Crippen molar-refractivity contribution in [2.45, 2.75) is 19.8 Å². The Kier molecular flexibility index (Phi) is 4.39. The van der Waals surface area contributed by atoms with E-state index in [9.17, 15) is 9.18 Å². The van der Waals surface area contributed by atoms with E-state index in [1.165, 1.54) is 12.1 Å². The molecule has 0 fully saturated rings. The number of hydrogen-bond donors (Lipinski definition) is 3. The third-order valence-corrected chi connectivity index (χ3v) is 3.42. The number of hydrogen-bond acceptors (Lipinski definition) is 3. The van der Waals surface area contributed by atoms with E-state index in [0.717, 1.165) is 18.5 Å². The van der Waals surface area contributed by atoms with Gasteiger partial charge in [-0.3, -0.25) is 9.89 Å². The monoisotopic (exact) mass is 340 g/mol. The molecule has 0 aliphatic rings. The highest BCUT2D eigenvalue weighted by Crippen LogP contribution is 2.21. The summed E-state index contributed by atoms with van der Waals surface area (Å²) in [6, 6.07) is 4.32. The van der Waals surface area contributed by atoms with Crippen molar-refractivity contribution in [3.63, 3.8) is 0 Å². The van der Waals surface area contributed by atoms with Crippen molar-refractivity contribution in [1.82, 2.24) is 10.2 Å². The van der Waals surface area contributed by atoms with Gasteiger partial charge in [-0.2, -0.15) is 5.10 Å². The summed E-state index contributed by atoms with van der Waals surface area (Å²) in [4.78, 5) is 12.0. The van der Waals surface area contributed by atoms with Gasteiger partial charge in [-0.1, -0.05) is 13.3 Å². The second-order valence-electron chi connectivity index (χ2n) is 4.30. The second-order valence-corrected chi connectivity index (χ2v) is 5.15. The van der Waals surface area contributed by atoms with Crippen LogP contribution < -0.4 is 11.1 Å². The summed E-state index contributed by atoms with van der Waals surface area (Å²) >= 11 is 3.05. The number of H-pyrrole nitrogens is 1. The number of carbonyl (C=O) groups is 1. The van der Waals surface area contributed by atoms with Gasteiger partial charge in [-0.15, -0.1) is 0 Å². The van der Waals surface area contributed by atoms with Crippen LogP contribution in [0, 0.1) is 5.82 Å². The van der Waals surface area contributed by atoms with Gasteiger partial charge in [0, 0.05) is 5.69 Å². The molecule has 0 unspecified atom stereocenters. The summed E-state index contributed by atoms with van der Waals surface area (Å²) in [5.74, 6) is -0.924. The van der Waals surface area contributed by atoms with Crippen LogP contribution in [0.2, 0.25) is 0 Å². The molecule has 2 rings (SSSR count). The molecule has 20 heavy (non-hydrogen) atoms. The summed E-state index contributed by atoms with van der Waals surface area (Å²) < 4.78 is 13.7. The summed E-state index contributed by atoms with van der Waals surface area (Å²) in [6.45, 7) is 2.00. The van der Waals surface area contributed by atoms with Crippen LogP contribution in [-0.2, 0) is 6.42 Å². The first kappa shape index (κ1) is 14.5. The van der Waals surface area contributed by atoms with Crippen LogP contribution >= 0.6 is 15.9 Å². The highest BCUT2D eigenvalue weighted by molar-refractivity contribution is 9.10. The van der Waals surface area contributed by atoms with Gasteiger partial charge in [0.05, 0.1) is 15.9 Å². The number of nitrogens with zero attached hydrogens (tertiary/aromatic N) is 1. The molecule has 1 amide bonds. The maximum absolute atomic E-state index is 13.4. The first-order valence-electron chi connectivity index (χ1n) is 6.12. The number of carbonyl (C=O) groups excluding carboxylic acids is 1. The molecular weight excluding hydrogens is 327 g/mol. The molecule has 106 valence electrons. The van der Waals surface area contributed by atoms with Crippen molar-refractivity contribution in [3.8, 4) is 0 Å².